The summed E-state index contributed by atoms with van der Waals surface area (Å²) in [6.45, 7) is 0. The van der Waals surface area contributed by atoms with Crippen LogP contribution in [-0.2, 0) is 5.88 Å². The van der Waals surface area contributed by atoms with Crippen LogP contribution < -0.4 is 10.1 Å². The maximum atomic E-state index is 12.2. The maximum absolute atomic E-state index is 12.2. The van der Waals surface area contributed by atoms with Crippen LogP contribution in [0.1, 0.15) is 15.9 Å². The standard InChI is InChI=1S/C15H13BrClNO2/c1-20-14-8-11(16)4-7-13(14)15(19)18-12-5-2-10(9-17)3-6-12/h2-8H,9H2,1H3,(H,18,19). The van der Waals surface area contributed by atoms with Gasteiger partial charge in [0.2, 0.25) is 0 Å². The molecule has 2 rings (SSSR count). The van der Waals surface area contributed by atoms with Gasteiger partial charge in [-0.2, -0.15) is 0 Å². The van der Waals surface area contributed by atoms with Crippen molar-refractivity contribution in [3.63, 3.8) is 0 Å². The number of benzene rings is 2. The second kappa shape index (κ2) is 6.77. The van der Waals surface area contributed by atoms with E-state index in [1.54, 1.807) is 18.2 Å². The molecular formula is C15H13BrClNO2. The molecule has 1 amide bonds. The van der Waals surface area contributed by atoms with Gasteiger partial charge in [-0.15, -0.1) is 11.6 Å². The molecule has 20 heavy (non-hydrogen) atoms. The van der Waals surface area contributed by atoms with Crippen molar-refractivity contribution in [1.29, 1.82) is 0 Å². The van der Waals surface area contributed by atoms with Crippen molar-refractivity contribution >= 4 is 39.1 Å². The van der Waals surface area contributed by atoms with Gasteiger partial charge in [0.05, 0.1) is 12.7 Å². The summed E-state index contributed by atoms with van der Waals surface area (Å²) in [4.78, 5) is 12.2. The van der Waals surface area contributed by atoms with Crippen LogP contribution in [0.3, 0.4) is 0 Å². The van der Waals surface area contributed by atoms with Crippen LogP contribution in [0.2, 0.25) is 0 Å². The zero-order chi connectivity index (χ0) is 14.5. The van der Waals surface area contributed by atoms with E-state index in [4.69, 9.17) is 16.3 Å². The minimum Gasteiger partial charge on any atom is -0.496 e. The third kappa shape index (κ3) is 3.52. The Bertz CT molecular complexity index is 614. The molecule has 0 atom stereocenters. The number of hydrogen-bond acceptors (Lipinski definition) is 2. The lowest BCUT2D eigenvalue weighted by molar-refractivity contribution is 0.102. The highest BCUT2D eigenvalue weighted by Gasteiger charge is 2.12. The lowest BCUT2D eigenvalue weighted by atomic mass is 10.1. The van der Waals surface area contributed by atoms with E-state index in [-0.39, 0.29) is 5.91 Å². The zero-order valence-electron chi connectivity index (χ0n) is 10.8. The van der Waals surface area contributed by atoms with Crippen LogP contribution in [0.4, 0.5) is 5.69 Å². The second-order valence-corrected chi connectivity index (χ2v) is 5.31. The summed E-state index contributed by atoms with van der Waals surface area (Å²) in [6.07, 6.45) is 0. The number of methoxy groups -OCH3 is 1. The number of rotatable bonds is 4. The van der Waals surface area contributed by atoms with Crippen molar-refractivity contribution in [2.75, 3.05) is 12.4 Å². The van der Waals surface area contributed by atoms with Gasteiger partial charge < -0.3 is 10.1 Å². The Morgan fingerprint density at radius 2 is 1.95 bits per heavy atom. The van der Waals surface area contributed by atoms with E-state index in [1.165, 1.54) is 7.11 Å². The molecule has 0 aliphatic heterocycles. The Balaban J connectivity index is 2.19. The predicted molar refractivity (Wildman–Crippen MR) is 84.6 cm³/mol. The van der Waals surface area contributed by atoms with Crippen molar-refractivity contribution < 1.29 is 9.53 Å². The number of nitrogens with one attached hydrogen (secondary N) is 1. The summed E-state index contributed by atoms with van der Waals surface area (Å²) in [7, 11) is 1.54. The van der Waals surface area contributed by atoms with E-state index in [2.05, 4.69) is 21.2 Å². The number of halogens is 2. The molecule has 0 fully saturated rings. The summed E-state index contributed by atoms with van der Waals surface area (Å²) in [5.41, 5.74) is 2.21. The lowest BCUT2D eigenvalue weighted by Crippen LogP contribution is -2.13. The van der Waals surface area contributed by atoms with Crippen LogP contribution in [0.25, 0.3) is 0 Å². The molecule has 0 saturated heterocycles. The largest absolute Gasteiger partial charge is 0.496 e. The monoisotopic (exact) mass is 353 g/mol. The Hall–Kier alpha value is -1.52. The zero-order valence-corrected chi connectivity index (χ0v) is 13.2. The number of carbonyl (C=O) groups excluding carboxylic acids is 1. The normalized spacial score (nSPS) is 10.2. The highest BCUT2D eigenvalue weighted by Crippen LogP contribution is 2.24. The first-order chi connectivity index (χ1) is 9.63. The molecule has 0 bridgehead atoms. The lowest BCUT2D eigenvalue weighted by Gasteiger charge is -2.10. The molecule has 0 heterocycles. The molecule has 0 aliphatic rings. The first-order valence-electron chi connectivity index (χ1n) is 5.94. The quantitative estimate of drug-likeness (QED) is 0.824. The molecule has 2 aromatic carbocycles. The summed E-state index contributed by atoms with van der Waals surface area (Å²) in [5.74, 6) is 0.761. The van der Waals surface area contributed by atoms with Crippen molar-refractivity contribution in [3.8, 4) is 5.75 Å². The third-order valence-electron chi connectivity index (χ3n) is 2.77. The number of hydrogen-bond donors (Lipinski definition) is 1. The first kappa shape index (κ1) is 14.9. The Kier molecular flexibility index (Phi) is 5.04. The number of anilines is 1. The van der Waals surface area contributed by atoms with E-state index in [1.807, 2.05) is 24.3 Å². The molecule has 2 aromatic rings. The van der Waals surface area contributed by atoms with E-state index >= 15 is 0 Å². The van der Waals surface area contributed by atoms with Gasteiger partial charge in [0.25, 0.3) is 5.91 Å². The molecule has 3 nitrogen and oxygen atoms in total. The second-order valence-electron chi connectivity index (χ2n) is 4.13. The minimum atomic E-state index is -0.215. The van der Waals surface area contributed by atoms with Gasteiger partial charge in [-0.3, -0.25) is 4.79 Å². The van der Waals surface area contributed by atoms with Gasteiger partial charge in [0.15, 0.2) is 0 Å². The fourth-order valence-electron chi connectivity index (χ4n) is 1.73. The van der Waals surface area contributed by atoms with Crippen molar-refractivity contribution in [2.45, 2.75) is 5.88 Å². The first-order valence-corrected chi connectivity index (χ1v) is 7.26. The van der Waals surface area contributed by atoms with Crippen LogP contribution in [0, 0.1) is 0 Å². The Morgan fingerprint density at radius 3 is 2.55 bits per heavy atom. The molecule has 0 unspecified atom stereocenters. The molecule has 0 spiro atoms. The summed E-state index contributed by atoms with van der Waals surface area (Å²) < 4.78 is 6.07. The number of ether oxygens (including phenoxy) is 1. The van der Waals surface area contributed by atoms with Gasteiger partial charge >= 0.3 is 0 Å². The van der Waals surface area contributed by atoms with Crippen LogP contribution in [0.5, 0.6) is 5.75 Å². The van der Waals surface area contributed by atoms with Crippen molar-refractivity contribution in [2.24, 2.45) is 0 Å². The van der Waals surface area contributed by atoms with Gasteiger partial charge in [-0.1, -0.05) is 28.1 Å². The van der Waals surface area contributed by atoms with E-state index in [9.17, 15) is 4.79 Å². The summed E-state index contributed by atoms with van der Waals surface area (Å²) in [5, 5.41) is 2.83. The fraction of sp³-hybridized carbons (Fsp3) is 0.133. The average Bonchev–Trinajstić information content (AvgIpc) is 2.47. The van der Waals surface area contributed by atoms with E-state index in [0.29, 0.717) is 22.9 Å². The Morgan fingerprint density at radius 1 is 1.25 bits per heavy atom. The number of alkyl halides is 1. The maximum Gasteiger partial charge on any atom is 0.259 e. The molecule has 0 saturated carbocycles. The molecule has 0 aromatic heterocycles. The van der Waals surface area contributed by atoms with Gasteiger partial charge in [-0.25, -0.2) is 0 Å². The van der Waals surface area contributed by atoms with Crippen LogP contribution in [0.15, 0.2) is 46.9 Å². The van der Waals surface area contributed by atoms with Crippen LogP contribution >= 0.6 is 27.5 Å². The smallest absolute Gasteiger partial charge is 0.259 e. The highest BCUT2D eigenvalue weighted by molar-refractivity contribution is 9.10. The number of carbonyl (C=O) groups is 1. The van der Waals surface area contributed by atoms with Crippen molar-refractivity contribution in [3.05, 3.63) is 58.1 Å². The SMILES string of the molecule is COc1cc(Br)ccc1C(=O)Nc1ccc(CCl)cc1. The molecular weight excluding hydrogens is 342 g/mol. The Labute approximate surface area is 131 Å². The molecule has 5 heteroatoms. The van der Waals surface area contributed by atoms with E-state index < -0.39 is 0 Å². The molecule has 0 radical (unpaired) electrons. The van der Waals surface area contributed by atoms with Gasteiger partial charge in [0, 0.05) is 16.0 Å². The van der Waals surface area contributed by atoms with Gasteiger partial charge in [-0.05, 0) is 35.9 Å². The fourth-order valence-corrected chi connectivity index (χ4v) is 2.25. The average molecular weight is 355 g/mol. The minimum absolute atomic E-state index is 0.215. The topological polar surface area (TPSA) is 38.3 Å². The van der Waals surface area contributed by atoms with Crippen LogP contribution in [-0.4, -0.2) is 13.0 Å². The third-order valence-corrected chi connectivity index (χ3v) is 3.58. The van der Waals surface area contributed by atoms with Crippen molar-refractivity contribution in [1.82, 2.24) is 0 Å². The summed E-state index contributed by atoms with van der Waals surface area (Å²) in [6, 6.07) is 12.7. The highest BCUT2D eigenvalue weighted by atomic mass is 79.9. The predicted octanol–water partition coefficient (Wildman–Crippen LogP) is 4.45. The molecule has 1 N–H and O–H groups in total. The molecule has 104 valence electrons. The number of amides is 1. The van der Waals surface area contributed by atoms with Gasteiger partial charge in [0.1, 0.15) is 5.75 Å². The summed E-state index contributed by atoms with van der Waals surface area (Å²) >= 11 is 9.07. The van der Waals surface area contributed by atoms with E-state index in [0.717, 1.165) is 10.0 Å². The molecule has 0 aliphatic carbocycles.